The number of para-hydroxylation sites is 1. The number of nitrogens with two attached hydrogens (primary N) is 1. The highest BCUT2D eigenvalue weighted by molar-refractivity contribution is 5.91. The van der Waals surface area contributed by atoms with Gasteiger partial charge in [-0.05, 0) is 66.7 Å². The molecular formula is C30H36N6O. The summed E-state index contributed by atoms with van der Waals surface area (Å²) < 4.78 is 0. The molecule has 0 saturated carbocycles. The number of carbonyl (C=O) groups is 1. The predicted octanol–water partition coefficient (Wildman–Crippen LogP) is 3.93. The summed E-state index contributed by atoms with van der Waals surface area (Å²) in [5, 5.41) is 18.8. The van der Waals surface area contributed by atoms with Crippen LogP contribution in [0.1, 0.15) is 30.4 Å². The molecule has 0 atom stereocenters. The third-order valence-electron chi connectivity index (χ3n) is 7.54. The number of rotatable bonds is 9. The Morgan fingerprint density at radius 2 is 1.70 bits per heavy atom. The van der Waals surface area contributed by atoms with Crippen molar-refractivity contribution < 1.29 is 4.79 Å². The van der Waals surface area contributed by atoms with Crippen molar-refractivity contribution in [2.45, 2.75) is 37.8 Å². The molecule has 192 valence electrons. The average Bonchev–Trinajstić information content (AvgIpc) is 3.34. The highest BCUT2D eigenvalue weighted by Crippen LogP contribution is 2.22. The highest BCUT2D eigenvalue weighted by atomic mass is 16.2. The molecule has 1 aromatic heterocycles. The standard InChI is InChI=1S/C30H36N6O/c31-28(20-35-29(37)30(32)14-16-33-17-15-30)36(21-24-9-5-8-22-7-1-2-11-25(22)24)18-6-10-23-19-34-27-13-4-3-12-26(23)27/h1-5,7-9,11-13,19,31,33-34H,6,10,14-18,20-21,32H2,(H,35,37). The molecule has 0 bridgehead atoms. The number of aromatic amines is 1. The molecule has 37 heavy (non-hydrogen) atoms. The van der Waals surface area contributed by atoms with Crippen LogP contribution in [0.3, 0.4) is 0 Å². The Bertz CT molecular complexity index is 1380. The second-order valence-corrected chi connectivity index (χ2v) is 10.1. The summed E-state index contributed by atoms with van der Waals surface area (Å²) in [6, 6.07) is 23.0. The Morgan fingerprint density at radius 3 is 2.54 bits per heavy atom. The maximum absolute atomic E-state index is 12.9. The molecule has 1 amide bonds. The Balaban J connectivity index is 1.29. The first kappa shape index (κ1) is 25.0. The fourth-order valence-corrected chi connectivity index (χ4v) is 5.30. The van der Waals surface area contributed by atoms with E-state index in [0.717, 1.165) is 38.0 Å². The van der Waals surface area contributed by atoms with E-state index in [1.165, 1.54) is 27.3 Å². The third kappa shape index (κ3) is 5.68. The van der Waals surface area contributed by atoms with Crippen LogP contribution in [0, 0.1) is 5.41 Å². The van der Waals surface area contributed by atoms with E-state index >= 15 is 0 Å². The Hall–Kier alpha value is -3.68. The molecule has 0 spiro atoms. The van der Waals surface area contributed by atoms with Crippen LogP contribution in [0.2, 0.25) is 0 Å². The molecule has 1 aliphatic heterocycles. The van der Waals surface area contributed by atoms with Gasteiger partial charge >= 0.3 is 0 Å². The zero-order valence-corrected chi connectivity index (χ0v) is 21.2. The highest BCUT2D eigenvalue weighted by Gasteiger charge is 2.35. The number of nitrogens with zero attached hydrogens (tertiary/aromatic N) is 1. The van der Waals surface area contributed by atoms with Crippen LogP contribution < -0.4 is 16.4 Å². The lowest BCUT2D eigenvalue weighted by atomic mass is 9.88. The van der Waals surface area contributed by atoms with E-state index in [0.29, 0.717) is 25.2 Å². The molecule has 7 heteroatoms. The number of benzene rings is 3. The lowest BCUT2D eigenvalue weighted by Crippen LogP contribution is -2.59. The monoisotopic (exact) mass is 496 g/mol. The van der Waals surface area contributed by atoms with E-state index in [-0.39, 0.29) is 12.5 Å². The number of H-pyrrole nitrogens is 1. The fourth-order valence-electron chi connectivity index (χ4n) is 5.30. The van der Waals surface area contributed by atoms with Gasteiger partial charge in [0.05, 0.1) is 12.1 Å². The largest absolute Gasteiger partial charge is 0.361 e. The van der Waals surface area contributed by atoms with Crippen molar-refractivity contribution in [1.82, 2.24) is 20.5 Å². The van der Waals surface area contributed by atoms with E-state index in [1.54, 1.807) is 0 Å². The van der Waals surface area contributed by atoms with E-state index in [9.17, 15) is 4.79 Å². The van der Waals surface area contributed by atoms with Gasteiger partial charge in [-0.15, -0.1) is 0 Å². The maximum atomic E-state index is 12.9. The van der Waals surface area contributed by atoms with Crippen LogP contribution in [0.15, 0.2) is 72.9 Å². The van der Waals surface area contributed by atoms with E-state index < -0.39 is 5.54 Å². The molecule has 1 aliphatic rings. The number of hydrogen-bond donors (Lipinski definition) is 5. The van der Waals surface area contributed by atoms with Crippen LogP contribution >= 0.6 is 0 Å². The summed E-state index contributed by atoms with van der Waals surface area (Å²) in [7, 11) is 0. The first-order chi connectivity index (χ1) is 18.0. The Labute approximate surface area is 217 Å². The van der Waals surface area contributed by atoms with Gasteiger partial charge in [-0.2, -0.15) is 0 Å². The van der Waals surface area contributed by atoms with Crippen molar-refractivity contribution in [2.75, 3.05) is 26.2 Å². The van der Waals surface area contributed by atoms with E-state index in [4.69, 9.17) is 11.1 Å². The number of nitrogens with one attached hydrogen (secondary N) is 4. The number of fused-ring (bicyclic) bond motifs is 2. The fraction of sp³-hybridized carbons (Fsp3) is 0.333. The van der Waals surface area contributed by atoms with Gasteiger partial charge in [0.15, 0.2) is 0 Å². The van der Waals surface area contributed by atoms with Crippen molar-refractivity contribution >= 4 is 33.4 Å². The molecule has 4 aromatic rings. The second-order valence-electron chi connectivity index (χ2n) is 10.1. The molecule has 1 saturated heterocycles. The third-order valence-corrected chi connectivity index (χ3v) is 7.54. The average molecular weight is 497 g/mol. The van der Waals surface area contributed by atoms with Gasteiger partial charge in [-0.1, -0.05) is 60.7 Å². The van der Waals surface area contributed by atoms with Crippen molar-refractivity contribution in [3.05, 3.63) is 84.1 Å². The van der Waals surface area contributed by atoms with Gasteiger partial charge in [-0.3, -0.25) is 10.2 Å². The quantitative estimate of drug-likeness (QED) is 0.179. The minimum atomic E-state index is -0.860. The van der Waals surface area contributed by atoms with Gasteiger partial charge in [0.1, 0.15) is 5.84 Å². The van der Waals surface area contributed by atoms with Crippen molar-refractivity contribution in [3.8, 4) is 0 Å². The number of aryl methyl sites for hydroxylation is 1. The summed E-state index contributed by atoms with van der Waals surface area (Å²) in [6.07, 6.45) is 5.11. The van der Waals surface area contributed by atoms with E-state index in [2.05, 4.69) is 81.3 Å². The number of piperidine rings is 1. The molecule has 0 radical (unpaired) electrons. The molecule has 1 fully saturated rings. The van der Waals surface area contributed by atoms with Crippen LogP contribution in [-0.2, 0) is 17.8 Å². The van der Waals surface area contributed by atoms with Crippen molar-refractivity contribution in [3.63, 3.8) is 0 Å². The first-order valence-corrected chi connectivity index (χ1v) is 13.2. The number of aromatic nitrogens is 1. The summed E-state index contributed by atoms with van der Waals surface area (Å²) in [5.74, 6) is 0.236. The Kier molecular flexibility index (Phi) is 7.53. The van der Waals surface area contributed by atoms with Crippen LogP contribution in [0.25, 0.3) is 21.7 Å². The van der Waals surface area contributed by atoms with Gasteiger partial charge < -0.3 is 26.3 Å². The zero-order valence-electron chi connectivity index (χ0n) is 21.2. The predicted molar refractivity (Wildman–Crippen MR) is 151 cm³/mol. The first-order valence-electron chi connectivity index (χ1n) is 13.2. The minimum absolute atomic E-state index is 0.164. The Morgan fingerprint density at radius 1 is 0.973 bits per heavy atom. The van der Waals surface area contributed by atoms with Gasteiger partial charge in [0.25, 0.3) is 0 Å². The SMILES string of the molecule is N=C(CNC(=O)C1(N)CCNCC1)N(CCCc1c[nH]c2ccccc12)Cc1cccc2ccccc12. The zero-order chi connectivity index (χ0) is 25.7. The number of hydrogen-bond acceptors (Lipinski definition) is 4. The molecule has 7 nitrogen and oxygen atoms in total. The topological polar surface area (TPSA) is 110 Å². The maximum Gasteiger partial charge on any atom is 0.240 e. The van der Waals surface area contributed by atoms with Crippen LogP contribution in [0.5, 0.6) is 0 Å². The molecule has 6 N–H and O–H groups in total. The van der Waals surface area contributed by atoms with E-state index in [1.807, 2.05) is 12.1 Å². The lowest BCUT2D eigenvalue weighted by molar-refractivity contribution is -0.127. The van der Waals surface area contributed by atoms with Crippen molar-refractivity contribution in [2.24, 2.45) is 5.73 Å². The molecule has 3 aromatic carbocycles. The smallest absolute Gasteiger partial charge is 0.240 e. The molecule has 0 aliphatic carbocycles. The number of carbonyl (C=O) groups excluding carboxylic acids is 1. The number of amidine groups is 1. The van der Waals surface area contributed by atoms with Crippen molar-refractivity contribution in [1.29, 1.82) is 5.41 Å². The summed E-state index contributed by atoms with van der Waals surface area (Å²) in [5.41, 5.74) is 9.14. The minimum Gasteiger partial charge on any atom is -0.361 e. The summed E-state index contributed by atoms with van der Waals surface area (Å²) in [6.45, 7) is 2.98. The summed E-state index contributed by atoms with van der Waals surface area (Å²) >= 11 is 0. The van der Waals surface area contributed by atoms with Gasteiger partial charge in [0, 0.05) is 30.2 Å². The molecule has 5 rings (SSSR count). The number of amides is 1. The molecule has 0 unspecified atom stereocenters. The molecular weight excluding hydrogens is 460 g/mol. The van der Waals surface area contributed by atoms with Crippen LogP contribution in [-0.4, -0.2) is 53.3 Å². The normalized spacial score (nSPS) is 15.1. The lowest BCUT2D eigenvalue weighted by Gasteiger charge is -2.33. The summed E-state index contributed by atoms with van der Waals surface area (Å²) in [4.78, 5) is 18.3. The van der Waals surface area contributed by atoms with Crippen LogP contribution in [0.4, 0.5) is 0 Å². The van der Waals surface area contributed by atoms with Gasteiger partial charge in [0.2, 0.25) is 5.91 Å². The van der Waals surface area contributed by atoms with Gasteiger partial charge in [-0.25, -0.2) is 0 Å². The second kappa shape index (κ2) is 11.2. The molecule has 2 heterocycles.